The van der Waals surface area contributed by atoms with Crippen molar-refractivity contribution >= 4 is 11.8 Å². The van der Waals surface area contributed by atoms with Crippen LogP contribution in [0.25, 0.3) is 0 Å². The lowest BCUT2D eigenvalue weighted by Crippen LogP contribution is -2.16. The number of allylic oxidation sites excluding steroid dienone is 1. The number of carboxylic acid groups (broad SMARTS) is 1. The van der Waals surface area contributed by atoms with Gasteiger partial charge in [0, 0.05) is 6.42 Å². The summed E-state index contributed by atoms with van der Waals surface area (Å²) in [6, 6.07) is 0. The third-order valence-corrected chi connectivity index (χ3v) is 1.07. The van der Waals surface area contributed by atoms with Crippen LogP contribution in [0.4, 0.5) is 0 Å². The Labute approximate surface area is 64.2 Å². The summed E-state index contributed by atoms with van der Waals surface area (Å²) in [5.74, 6) is -1.46. The van der Waals surface area contributed by atoms with Crippen LogP contribution >= 0.6 is 0 Å². The molecule has 0 saturated heterocycles. The van der Waals surface area contributed by atoms with Gasteiger partial charge in [0.05, 0.1) is 12.5 Å². The quantitative estimate of drug-likeness (QED) is 0.551. The molecule has 4 heteroatoms. The standard InChI is InChI=1S/C7H10O4/c1-2-5(8)3-6(9)4-7(10)11/h2,6,9H,1,3-4H2,(H,10,11)/t6-/m1/s1. The van der Waals surface area contributed by atoms with E-state index in [2.05, 4.69) is 6.58 Å². The van der Waals surface area contributed by atoms with E-state index in [-0.39, 0.29) is 12.2 Å². The average molecular weight is 158 g/mol. The molecule has 0 saturated carbocycles. The molecule has 0 aliphatic rings. The van der Waals surface area contributed by atoms with Crippen molar-refractivity contribution in [1.29, 1.82) is 0 Å². The van der Waals surface area contributed by atoms with Gasteiger partial charge in [-0.25, -0.2) is 0 Å². The Morgan fingerprint density at radius 1 is 1.45 bits per heavy atom. The van der Waals surface area contributed by atoms with Gasteiger partial charge in [0.2, 0.25) is 0 Å². The molecular weight excluding hydrogens is 148 g/mol. The molecule has 4 nitrogen and oxygen atoms in total. The number of hydrogen-bond donors (Lipinski definition) is 2. The van der Waals surface area contributed by atoms with Crippen LogP contribution in [-0.2, 0) is 9.59 Å². The molecule has 2 N–H and O–H groups in total. The molecule has 62 valence electrons. The van der Waals surface area contributed by atoms with Gasteiger partial charge >= 0.3 is 5.97 Å². The molecule has 11 heavy (non-hydrogen) atoms. The smallest absolute Gasteiger partial charge is 0.305 e. The second kappa shape index (κ2) is 4.62. The summed E-state index contributed by atoms with van der Waals surface area (Å²) in [5.41, 5.74) is 0. The van der Waals surface area contributed by atoms with Crippen molar-refractivity contribution in [2.24, 2.45) is 0 Å². The van der Waals surface area contributed by atoms with Crippen LogP contribution in [0.2, 0.25) is 0 Å². The minimum absolute atomic E-state index is 0.171. The van der Waals surface area contributed by atoms with Crippen molar-refractivity contribution in [3.63, 3.8) is 0 Å². The predicted molar refractivity (Wildman–Crippen MR) is 38.1 cm³/mol. The Morgan fingerprint density at radius 3 is 2.36 bits per heavy atom. The number of aliphatic carboxylic acids is 1. The number of ketones is 1. The van der Waals surface area contributed by atoms with E-state index < -0.39 is 18.5 Å². The molecule has 0 spiro atoms. The minimum Gasteiger partial charge on any atom is -0.481 e. The highest BCUT2D eigenvalue weighted by Gasteiger charge is 2.11. The first-order valence-electron chi connectivity index (χ1n) is 3.11. The van der Waals surface area contributed by atoms with E-state index in [1.54, 1.807) is 0 Å². The fourth-order valence-corrected chi connectivity index (χ4v) is 0.589. The number of carbonyl (C=O) groups is 2. The lowest BCUT2D eigenvalue weighted by molar-refractivity contribution is -0.139. The molecule has 0 aliphatic carbocycles. The number of aliphatic hydroxyl groups is 1. The maximum atomic E-state index is 10.5. The highest BCUT2D eigenvalue weighted by molar-refractivity contribution is 5.89. The van der Waals surface area contributed by atoms with Crippen LogP contribution in [0.3, 0.4) is 0 Å². The average Bonchev–Trinajstić information content (AvgIpc) is 1.85. The third kappa shape index (κ3) is 5.29. The second-order valence-electron chi connectivity index (χ2n) is 2.13. The molecular formula is C7H10O4. The summed E-state index contributed by atoms with van der Waals surface area (Å²) in [6.45, 7) is 3.18. The first-order valence-corrected chi connectivity index (χ1v) is 3.11. The van der Waals surface area contributed by atoms with Crippen molar-refractivity contribution in [1.82, 2.24) is 0 Å². The molecule has 0 aromatic carbocycles. The van der Waals surface area contributed by atoms with Crippen LogP contribution < -0.4 is 0 Å². The monoisotopic (exact) mass is 158 g/mol. The molecule has 1 atom stereocenters. The Bertz CT molecular complexity index is 173. The number of hydrogen-bond acceptors (Lipinski definition) is 3. The second-order valence-corrected chi connectivity index (χ2v) is 2.13. The van der Waals surface area contributed by atoms with Gasteiger partial charge in [0.25, 0.3) is 0 Å². The van der Waals surface area contributed by atoms with E-state index >= 15 is 0 Å². The summed E-state index contributed by atoms with van der Waals surface area (Å²) in [4.78, 5) is 20.5. The minimum atomic E-state index is -1.12. The summed E-state index contributed by atoms with van der Waals surface area (Å²) in [5, 5.41) is 17.0. The Hall–Kier alpha value is -1.16. The first kappa shape index (κ1) is 9.84. The molecule has 0 aromatic heterocycles. The number of carbonyl (C=O) groups excluding carboxylic acids is 1. The van der Waals surface area contributed by atoms with Crippen LogP contribution in [0.15, 0.2) is 12.7 Å². The highest BCUT2D eigenvalue weighted by Crippen LogP contribution is 1.98. The van der Waals surface area contributed by atoms with Gasteiger partial charge in [-0.2, -0.15) is 0 Å². The molecule has 0 aliphatic heterocycles. The van der Waals surface area contributed by atoms with Crippen LogP contribution in [0.1, 0.15) is 12.8 Å². The largest absolute Gasteiger partial charge is 0.481 e. The molecule has 0 bridgehead atoms. The van der Waals surface area contributed by atoms with Gasteiger partial charge in [0.15, 0.2) is 5.78 Å². The number of aliphatic hydroxyl groups excluding tert-OH is 1. The fourth-order valence-electron chi connectivity index (χ4n) is 0.589. The SMILES string of the molecule is C=CC(=O)C[C@@H](O)CC(=O)O. The summed E-state index contributed by atoms with van der Waals surface area (Å²) in [6.07, 6.45) is -0.613. The van der Waals surface area contributed by atoms with E-state index in [1.807, 2.05) is 0 Å². The van der Waals surface area contributed by atoms with Gasteiger partial charge in [-0.3, -0.25) is 9.59 Å². The van der Waals surface area contributed by atoms with E-state index in [0.29, 0.717) is 0 Å². The van der Waals surface area contributed by atoms with Gasteiger partial charge < -0.3 is 10.2 Å². The zero-order valence-corrected chi connectivity index (χ0v) is 5.99. The Morgan fingerprint density at radius 2 is 2.00 bits per heavy atom. The normalized spacial score (nSPS) is 12.1. The van der Waals surface area contributed by atoms with E-state index in [4.69, 9.17) is 10.2 Å². The maximum absolute atomic E-state index is 10.5. The maximum Gasteiger partial charge on any atom is 0.305 e. The van der Waals surface area contributed by atoms with Gasteiger partial charge in [0.1, 0.15) is 0 Å². The van der Waals surface area contributed by atoms with Gasteiger partial charge in [-0.15, -0.1) is 0 Å². The zero-order valence-electron chi connectivity index (χ0n) is 5.99. The summed E-state index contributed by atoms with van der Waals surface area (Å²) < 4.78 is 0. The molecule has 0 radical (unpaired) electrons. The Balaban J connectivity index is 3.68. The summed E-state index contributed by atoms with van der Waals surface area (Å²) >= 11 is 0. The van der Waals surface area contributed by atoms with Crippen molar-refractivity contribution in [2.75, 3.05) is 0 Å². The zero-order chi connectivity index (χ0) is 8.85. The summed E-state index contributed by atoms with van der Waals surface area (Å²) in [7, 11) is 0. The van der Waals surface area contributed by atoms with Crippen LogP contribution in [0, 0.1) is 0 Å². The lowest BCUT2D eigenvalue weighted by atomic mass is 10.1. The lowest BCUT2D eigenvalue weighted by Gasteiger charge is -2.03. The van der Waals surface area contributed by atoms with Crippen molar-refractivity contribution in [3.05, 3.63) is 12.7 Å². The third-order valence-electron chi connectivity index (χ3n) is 1.07. The van der Waals surface area contributed by atoms with Gasteiger partial charge in [-0.05, 0) is 6.08 Å². The van der Waals surface area contributed by atoms with Crippen LogP contribution in [0.5, 0.6) is 0 Å². The topological polar surface area (TPSA) is 74.6 Å². The molecule has 0 aromatic rings. The number of carboxylic acids is 1. The Kier molecular flexibility index (Phi) is 4.14. The molecule has 0 heterocycles. The predicted octanol–water partition coefficient (Wildman–Crippen LogP) is -0.0328. The van der Waals surface area contributed by atoms with E-state index in [0.717, 1.165) is 6.08 Å². The van der Waals surface area contributed by atoms with E-state index in [9.17, 15) is 9.59 Å². The number of rotatable bonds is 5. The molecule has 0 rings (SSSR count). The van der Waals surface area contributed by atoms with Crippen molar-refractivity contribution in [3.8, 4) is 0 Å². The van der Waals surface area contributed by atoms with Crippen molar-refractivity contribution < 1.29 is 19.8 Å². The molecule has 0 fully saturated rings. The van der Waals surface area contributed by atoms with Gasteiger partial charge in [-0.1, -0.05) is 6.58 Å². The first-order chi connectivity index (χ1) is 5.06. The highest BCUT2D eigenvalue weighted by atomic mass is 16.4. The molecule has 0 unspecified atom stereocenters. The van der Waals surface area contributed by atoms with E-state index in [1.165, 1.54) is 0 Å². The van der Waals surface area contributed by atoms with Crippen molar-refractivity contribution in [2.45, 2.75) is 18.9 Å². The molecule has 0 amide bonds. The van der Waals surface area contributed by atoms with Crippen LogP contribution in [-0.4, -0.2) is 28.1 Å². The fraction of sp³-hybridized carbons (Fsp3) is 0.429.